The summed E-state index contributed by atoms with van der Waals surface area (Å²) in [4.78, 5) is 0. The van der Waals surface area contributed by atoms with Gasteiger partial charge in [0.25, 0.3) is 0 Å². The number of oxime groups is 1. The molecule has 0 aromatic rings. The number of hydrogen-bond donors (Lipinski definition) is 4. The average Bonchev–Trinajstić information content (AvgIpc) is 2.97. The summed E-state index contributed by atoms with van der Waals surface area (Å²) in [5.74, 6) is 1.44. The molecule has 5 nitrogen and oxygen atoms in total. The van der Waals surface area contributed by atoms with E-state index >= 15 is 0 Å². The van der Waals surface area contributed by atoms with Crippen LogP contribution in [0.25, 0.3) is 0 Å². The van der Waals surface area contributed by atoms with Gasteiger partial charge in [0.1, 0.15) is 5.84 Å². The number of amidine groups is 1. The van der Waals surface area contributed by atoms with E-state index in [0.717, 1.165) is 32.4 Å². The molecular formula is C13H25N3O2. The van der Waals surface area contributed by atoms with Crippen LogP contribution in [0.3, 0.4) is 0 Å². The van der Waals surface area contributed by atoms with Crippen LogP contribution in [0, 0.1) is 17.3 Å². The van der Waals surface area contributed by atoms with Gasteiger partial charge in [-0.05, 0) is 49.5 Å². The second-order valence-corrected chi connectivity index (χ2v) is 6.03. The van der Waals surface area contributed by atoms with Gasteiger partial charge in [0.05, 0.1) is 0 Å². The highest BCUT2D eigenvalue weighted by molar-refractivity contribution is 5.80. The fourth-order valence-electron chi connectivity index (χ4n) is 3.16. The minimum atomic E-state index is 0.226. The lowest BCUT2D eigenvalue weighted by atomic mass is 9.96. The van der Waals surface area contributed by atoms with Crippen LogP contribution in [0.2, 0.25) is 0 Å². The molecule has 2 rings (SSSR count). The maximum Gasteiger partial charge on any atom is 0.139 e. The minimum absolute atomic E-state index is 0.226. The largest absolute Gasteiger partial charge is 0.409 e. The van der Waals surface area contributed by atoms with Crippen molar-refractivity contribution in [1.82, 2.24) is 5.32 Å². The third-order valence-electron chi connectivity index (χ3n) is 4.60. The Morgan fingerprint density at radius 3 is 2.67 bits per heavy atom. The predicted octanol–water partition coefficient (Wildman–Crippen LogP) is 0.901. The highest BCUT2D eigenvalue weighted by Crippen LogP contribution is 2.48. The zero-order valence-electron chi connectivity index (χ0n) is 10.9. The zero-order valence-corrected chi connectivity index (χ0v) is 10.9. The molecule has 0 saturated heterocycles. The third-order valence-corrected chi connectivity index (χ3v) is 4.60. The van der Waals surface area contributed by atoms with E-state index in [1.165, 1.54) is 12.8 Å². The molecule has 2 aliphatic carbocycles. The molecule has 5 heteroatoms. The van der Waals surface area contributed by atoms with Gasteiger partial charge >= 0.3 is 0 Å². The van der Waals surface area contributed by atoms with E-state index in [0.29, 0.717) is 30.7 Å². The SMILES string of the molecule is NC(CC1(CNCC2CCCC2CO)CC1)=NO. The number of aliphatic hydroxyl groups excluding tert-OH is 1. The highest BCUT2D eigenvalue weighted by atomic mass is 16.4. The van der Waals surface area contributed by atoms with Gasteiger partial charge in [-0.3, -0.25) is 0 Å². The maximum atomic E-state index is 9.27. The molecule has 0 amide bonds. The molecule has 2 atom stereocenters. The summed E-state index contributed by atoms with van der Waals surface area (Å²) in [7, 11) is 0. The Morgan fingerprint density at radius 1 is 1.33 bits per heavy atom. The van der Waals surface area contributed by atoms with E-state index in [-0.39, 0.29) is 5.41 Å². The van der Waals surface area contributed by atoms with E-state index in [2.05, 4.69) is 10.5 Å². The fourth-order valence-corrected chi connectivity index (χ4v) is 3.16. The first-order valence-corrected chi connectivity index (χ1v) is 6.97. The second-order valence-electron chi connectivity index (χ2n) is 6.03. The maximum absolute atomic E-state index is 9.27. The van der Waals surface area contributed by atoms with E-state index in [4.69, 9.17) is 10.9 Å². The highest BCUT2D eigenvalue weighted by Gasteiger charge is 2.43. The molecule has 0 spiro atoms. The first kappa shape index (κ1) is 13.6. The quantitative estimate of drug-likeness (QED) is 0.235. The third kappa shape index (κ3) is 3.36. The number of rotatable bonds is 7. The lowest BCUT2D eigenvalue weighted by molar-refractivity contribution is 0.191. The van der Waals surface area contributed by atoms with Gasteiger partial charge in [0.15, 0.2) is 0 Å². The van der Waals surface area contributed by atoms with Crippen LogP contribution in [0.5, 0.6) is 0 Å². The van der Waals surface area contributed by atoms with Gasteiger partial charge in [-0.15, -0.1) is 0 Å². The summed E-state index contributed by atoms with van der Waals surface area (Å²) < 4.78 is 0. The van der Waals surface area contributed by atoms with Crippen molar-refractivity contribution >= 4 is 5.84 Å². The summed E-state index contributed by atoms with van der Waals surface area (Å²) in [6, 6.07) is 0. The number of aliphatic hydroxyl groups is 1. The monoisotopic (exact) mass is 255 g/mol. The number of nitrogens with one attached hydrogen (secondary N) is 1. The van der Waals surface area contributed by atoms with Crippen LogP contribution in [-0.4, -0.2) is 35.8 Å². The summed E-state index contributed by atoms with van der Waals surface area (Å²) >= 11 is 0. The predicted molar refractivity (Wildman–Crippen MR) is 70.5 cm³/mol. The summed E-state index contributed by atoms with van der Waals surface area (Å²) in [5, 5.41) is 24.5. The molecule has 2 saturated carbocycles. The van der Waals surface area contributed by atoms with E-state index < -0.39 is 0 Å². The van der Waals surface area contributed by atoms with Gasteiger partial charge in [0, 0.05) is 19.6 Å². The topological polar surface area (TPSA) is 90.9 Å². The number of hydrogen-bond acceptors (Lipinski definition) is 4. The Morgan fingerprint density at radius 2 is 2.06 bits per heavy atom. The number of nitrogens with two attached hydrogens (primary N) is 1. The molecule has 0 aromatic heterocycles. The zero-order chi connectivity index (χ0) is 13.0. The Labute approximate surface area is 108 Å². The smallest absolute Gasteiger partial charge is 0.139 e. The van der Waals surface area contributed by atoms with Gasteiger partial charge < -0.3 is 21.4 Å². The molecule has 0 aromatic carbocycles. The van der Waals surface area contributed by atoms with Crippen molar-refractivity contribution in [3.63, 3.8) is 0 Å². The first-order chi connectivity index (χ1) is 8.69. The molecule has 0 heterocycles. The van der Waals surface area contributed by atoms with Crippen LogP contribution in [0.1, 0.15) is 38.5 Å². The molecule has 0 radical (unpaired) electrons. The average molecular weight is 255 g/mol. The second kappa shape index (κ2) is 5.89. The molecule has 2 aliphatic rings. The summed E-state index contributed by atoms with van der Waals surface area (Å²) in [5.41, 5.74) is 5.80. The molecule has 2 fully saturated rings. The minimum Gasteiger partial charge on any atom is -0.409 e. The van der Waals surface area contributed by atoms with E-state index in [1.54, 1.807) is 0 Å². The fraction of sp³-hybridized carbons (Fsp3) is 0.923. The molecule has 0 bridgehead atoms. The summed E-state index contributed by atoms with van der Waals surface area (Å²) in [6.45, 7) is 2.25. The Hall–Kier alpha value is -0.810. The van der Waals surface area contributed by atoms with Crippen LogP contribution in [0.15, 0.2) is 5.16 Å². The van der Waals surface area contributed by atoms with Crippen molar-refractivity contribution in [3.05, 3.63) is 0 Å². The van der Waals surface area contributed by atoms with E-state index in [1.807, 2.05) is 0 Å². The van der Waals surface area contributed by atoms with Crippen LogP contribution < -0.4 is 11.1 Å². The Bertz CT molecular complexity index is 303. The van der Waals surface area contributed by atoms with Crippen LogP contribution in [0.4, 0.5) is 0 Å². The van der Waals surface area contributed by atoms with E-state index in [9.17, 15) is 5.11 Å². The Balaban J connectivity index is 1.69. The summed E-state index contributed by atoms with van der Waals surface area (Å²) in [6.07, 6.45) is 6.63. The molecule has 18 heavy (non-hydrogen) atoms. The van der Waals surface area contributed by atoms with Gasteiger partial charge in [0.2, 0.25) is 0 Å². The normalized spacial score (nSPS) is 30.6. The molecule has 0 aliphatic heterocycles. The molecule has 5 N–H and O–H groups in total. The standard InChI is InChI=1S/C13H25N3O2/c14-12(16-18)6-13(4-5-13)9-15-7-10-2-1-3-11(10)8-17/h10-11,15,17-18H,1-9H2,(H2,14,16). The van der Waals surface area contributed by atoms with Crippen molar-refractivity contribution in [2.24, 2.45) is 28.1 Å². The van der Waals surface area contributed by atoms with Crippen molar-refractivity contribution in [1.29, 1.82) is 0 Å². The number of nitrogens with zero attached hydrogens (tertiary/aromatic N) is 1. The first-order valence-electron chi connectivity index (χ1n) is 6.97. The lowest BCUT2D eigenvalue weighted by Crippen LogP contribution is -2.33. The van der Waals surface area contributed by atoms with Crippen molar-refractivity contribution in [2.75, 3.05) is 19.7 Å². The van der Waals surface area contributed by atoms with Crippen LogP contribution >= 0.6 is 0 Å². The van der Waals surface area contributed by atoms with Gasteiger partial charge in [-0.25, -0.2) is 0 Å². The van der Waals surface area contributed by atoms with Crippen molar-refractivity contribution in [2.45, 2.75) is 38.5 Å². The van der Waals surface area contributed by atoms with Crippen molar-refractivity contribution < 1.29 is 10.3 Å². The molecule has 2 unspecified atom stereocenters. The van der Waals surface area contributed by atoms with Crippen LogP contribution in [-0.2, 0) is 0 Å². The molecular weight excluding hydrogens is 230 g/mol. The lowest BCUT2D eigenvalue weighted by Gasteiger charge is -2.20. The Kier molecular flexibility index (Phi) is 4.45. The van der Waals surface area contributed by atoms with Crippen molar-refractivity contribution in [3.8, 4) is 0 Å². The molecule has 104 valence electrons. The van der Waals surface area contributed by atoms with Gasteiger partial charge in [-0.2, -0.15) is 0 Å². The van der Waals surface area contributed by atoms with Gasteiger partial charge in [-0.1, -0.05) is 11.6 Å².